The molecule has 1 aliphatic heterocycles. The topological polar surface area (TPSA) is 45.2 Å². The van der Waals surface area contributed by atoms with Crippen LogP contribution >= 0.6 is 0 Å². The predicted octanol–water partition coefficient (Wildman–Crippen LogP) is 4.30. The lowest BCUT2D eigenvalue weighted by atomic mass is 9.85. The number of para-hydroxylation sites is 1. The van der Waals surface area contributed by atoms with E-state index in [2.05, 4.69) is 10.3 Å². The van der Waals surface area contributed by atoms with Gasteiger partial charge in [-0.25, -0.2) is 4.79 Å². The van der Waals surface area contributed by atoms with Crippen molar-refractivity contribution in [3.8, 4) is 0 Å². The second-order valence-electron chi connectivity index (χ2n) is 6.72. The Balaban J connectivity index is 1.63. The summed E-state index contributed by atoms with van der Waals surface area (Å²) in [4.78, 5) is 16.9. The minimum Gasteiger partial charge on any atom is -0.338 e. The zero-order chi connectivity index (χ0) is 20.6. The van der Waals surface area contributed by atoms with Crippen LogP contribution in [0.15, 0.2) is 36.5 Å². The van der Waals surface area contributed by atoms with Gasteiger partial charge in [-0.2, -0.15) is 26.3 Å². The number of hydrogen-bond donors (Lipinski definition) is 1. The first-order valence-electron chi connectivity index (χ1n) is 8.54. The number of pyridine rings is 1. The van der Waals surface area contributed by atoms with E-state index in [9.17, 15) is 31.1 Å². The summed E-state index contributed by atoms with van der Waals surface area (Å²) in [5.41, 5.74) is -2.33. The molecule has 1 N–H and O–H groups in total. The Kier molecular flexibility index (Phi) is 5.16. The van der Waals surface area contributed by atoms with Gasteiger partial charge in [0, 0.05) is 31.2 Å². The van der Waals surface area contributed by atoms with Crippen LogP contribution in [-0.4, -0.2) is 47.9 Å². The second-order valence-corrected chi connectivity index (χ2v) is 6.72. The normalized spacial score (nSPS) is 17.1. The Hall–Kier alpha value is -2.52. The third kappa shape index (κ3) is 3.59. The number of nitrogens with one attached hydrogen (secondary N) is 1. The number of carbonyl (C=O) groups excluding carboxylic acids is 1. The largest absolute Gasteiger partial charge is 0.404 e. The van der Waals surface area contributed by atoms with E-state index >= 15 is 0 Å². The molecule has 2 amide bonds. The third-order valence-corrected chi connectivity index (χ3v) is 5.03. The van der Waals surface area contributed by atoms with E-state index in [0.29, 0.717) is 11.3 Å². The van der Waals surface area contributed by atoms with Crippen LogP contribution in [0.1, 0.15) is 12.0 Å². The molecular formula is C18H17F6N3O. The van der Waals surface area contributed by atoms with Crippen LogP contribution in [0, 0.1) is 5.41 Å². The van der Waals surface area contributed by atoms with Crippen molar-refractivity contribution in [1.82, 2.24) is 15.2 Å². The van der Waals surface area contributed by atoms with Gasteiger partial charge in [0.2, 0.25) is 0 Å². The van der Waals surface area contributed by atoms with Crippen molar-refractivity contribution in [2.45, 2.75) is 25.2 Å². The number of alkyl halides is 6. The fourth-order valence-corrected chi connectivity index (χ4v) is 3.39. The maximum atomic E-state index is 13.1. The predicted molar refractivity (Wildman–Crippen MR) is 89.6 cm³/mol. The highest BCUT2D eigenvalue weighted by Crippen LogP contribution is 2.55. The van der Waals surface area contributed by atoms with Crippen molar-refractivity contribution in [3.05, 3.63) is 42.1 Å². The lowest BCUT2D eigenvalue weighted by Gasteiger charge is -2.33. The van der Waals surface area contributed by atoms with Gasteiger partial charge in [-0.05, 0) is 24.5 Å². The van der Waals surface area contributed by atoms with Gasteiger partial charge in [0.1, 0.15) is 0 Å². The molecule has 1 fully saturated rings. The molecule has 4 nitrogen and oxygen atoms in total. The maximum Gasteiger partial charge on any atom is 0.404 e. The summed E-state index contributed by atoms with van der Waals surface area (Å²) in [6, 6.07) is 8.17. The number of hydrogen-bond acceptors (Lipinski definition) is 2. The summed E-state index contributed by atoms with van der Waals surface area (Å²) in [7, 11) is 0. The number of nitrogens with zero attached hydrogens (tertiary/aromatic N) is 2. The molecule has 2 aromatic rings. The lowest BCUT2D eigenvalue weighted by Crippen LogP contribution is -2.53. The van der Waals surface area contributed by atoms with E-state index in [-0.39, 0.29) is 6.54 Å². The van der Waals surface area contributed by atoms with Crippen LogP contribution < -0.4 is 5.32 Å². The molecule has 1 aromatic carbocycles. The zero-order valence-electron chi connectivity index (χ0n) is 14.6. The van der Waals surface area contributed by atoms with Gasteiger partial charge < -0.3 is 10.2 Å². The Labute approximate surface area is 156 Å². The Morgan fingerprint density at radius 1 is 1.11 bits per heavy atom. The standard InChI is InChI=1S/C18H17F6N3O/c19-17(20,21)16(18(22,23)24)7-10-27(11-16)15(28)26-9-6-13-4-1-3-12-5-2-8-25-14(12)13/h1-5,8H,6-7,9-11H2,(H,26,28). The van der Waals surface area contributed by atoms with Crippen LogP contribution in [0.2, 0.25) is 0 Å². The summed E-state index contributed by atoms with van der Waals surface area (Å²) in [5, 5.41) is 3.30. The highest BCUT2D eigenvalue weighted by molar-refractivity contribution is 5.81. The molecule has 0 unspecified atom stereocenters. The number of urea groups is 1. The van der Waals surface area contributed by atoms with Crippen molar-refractivity contribution in [2.75, 3.05) is 19.6 Å². The average molecular weight is 405 g/mol. The van der Waals surface area contributed by atoms with Crippen molar-refractivity contribution in [2.24, 2.45) is 5.41 Å². The van der Waals surface area contributed by atoms with E-state index in [1.807, 2.05) is 18.2 Å². The van der Waals surface area contributed by atoms with Crippen LogP contribution in [0.5, 0.6) is 0 Å². The summed E-state index contributed by atoms with van der Waals surface area (Å²) < 4.78 is 78.5. The molecule has 0 bridgehead atoms. The van der Waals surface area contributed by atoms with Crippen LogP contribution in [0.3, 0.4) is 0 Å². The third-order valence-electron chi connectivity index (χ3n) is 5.03. The van der Waals surface area contributed by atoms with Crippen LogP contribution in [-0.2, 0) is 6.42 Å². The molecule has 3 rings (SSSR count). The summed E-state index contributed by atoms with van der Waals surface area (Å²) in [6.45, 7) is -1.97. The summed E-state index contributed by atoms with van der Waals surface area (Å²) in [5.74, 6) is 0. The number of fused-ring (bicyclic) bond motifs is 1. The number of benzene rings is 1. The molecule has 2 heterocycles. The van der Waals surface area contributed by atoms with Gasteiger partial charge in [-0.15, -0.1) is 0 Å². The van der Waals surface area contributed by atoms with Gasteiger partial charge in [0.15, 0.2) is 5.41 Å². The average Bonchev–Trinajstić information content (AvgIpc) is 3.09. The van der Waals surface area contributed by atoms with E-state index in [0.717, 1.165) is 16.5 Å². The van der Waals surface area contributed by atoms with Gasteiger partial charge in [-0.1, -0.05) is 24.3 Å². The van der Waals surface area contributed by atoms with Crippen LogP contribution in [0.4, 0.5) is 31.1 Å². The number of amides is 2. The summed E-state index contributed by atoms with van der Waals surface area (Å²) >= 11 is 0. The van der Waals surface area contributed by atoms with E-state index in [1.165, 1.54) is 0 Å². The van der Waals surface area contributed by atoms with Crippen LogP contribution in [0.25, 0.3) is 10.9 Å². The van der Waals surface area contributed by atoms with Crippen molar-refractivity contribution in [3.63, 3.8) is 0 Å². The molecule has 1 aliphatic rings. The number of aromatic nitrogens is 1. The molecule has 10 heteroatoms. The smallest absolute Gasteiger partial charge is 0.338 e. The van der Waals surface area contributed by atoms with Gasteiger partial charge >= 0.3 is 18.4 Å². The minimum absolute atomic E-state index is 0.0655. The minimum atomic E-state index is -5.48. The first kappa shape index (κ1) is 20.2. The van der Waals surface area contributed by atoms with E-state index < -0.39 is 43.3 Å². The molecule has 0 atom stereocenters. The highest BCUT2D eigenvalue weighted by atomic mass is 19.4. The molecule has 1 aromatic heterocycles. The molecule has 28 heavy (non-hydrogen) atoms. The SMILES string of the molecule is O=C(NCCc1cccc2cccnc12)N1CCC(C(F)(F)F)(C(F)(F)F)C1. The quantitative estimate of drug-likeness (QED) is 0.774. The first-order valence-corrected chi connectivity index (χ1v) is 8.54. The second kappa shape index (κ2) is 7.14. The Morgan fingerprint density at radius 2 is 1.79 bits per heavy atom. The number of halogens is 6. The van der Waals surface area contributed by atoms with E-state index in [1.54, 1.807) is 18.3 Å². The lowest BCUT2D eigenvalue weighted by molar-refractivity contribution is -0.334. The van der Waals surface area contributed by atoms with Crippen molar-refractivity contribution < 1.29 is 31.1 Å². The first-order chi connectivity index (χ1) is 13.1. The Morgan fingerprint density at radius 3 is 2.43 bits per heavy atom. The van der Waals surface area contributed by atoms with Gasteiger partial charge in [0.05, 0.1) is 5.52 Å². The monoisotopic (exact) mass is 405 g/mol. The maximum absolute atomic E-state index is 13.1. The number of rotatable bonds is 3. The van der Waals surface area contributed by atoms with Crippen molar-refractivity contribution in [1.29, 1.82) is 0 Å². The molecule has 0 spiro atoms. The number of carbonyl (C=O) groups is 1. The summed E-state index contributed by atoms with van der Waals surface area (Å²) in [6.07, 6.45) is -10.2. The Bertz CT molecular complexity index is 845. The fraction of sp³-hybridized carbons (Fsp3) is 0.444. The molecule has 0 radical (unpaired) electrons. The number of likely N-dealkylation sites (tertiary alicyclic amines) is 1. The zero-order valence-corrected chi connectivity index (χ0v) is 14.6. The molecule has 152 valence electrons. The molecular weight excluding hydrogens is 388 g/mol. The van der Waals surface area contributed by atoms with Crippen molar-refractivity contribution >= 4 is 16.9 Å². The van der Waals surface area contributed by atoms with E-state index in [4.69, 9.17) is 0 Å². The molecule has 0 saturated carbocycles. The molecule has 1 saturated heterocycles. The van der Waals surface area contributed by atoms with Gasteiger partial charge in [0.25, 0.3) is 0 Å². The highest BCUT2D eigenvalue weighted by Gasteiger charge is 2.72. The van der Waals surface area contributed by atoms with Gasteiger partial charge in [-0.3, -0.25) is 4.98 Å². The molecule has 0 aliphatic carbocycles. The fourth-order valence-electron chi connectivity index (χ4n) is 3.39.